The molecule has 0 unspecified atom stereocenters. The zero-order valence-electron chi connectivity index (χ0n) is 17.2. The number of rotatable bonds is 8. The molecule has 4 rings (SSSR count). The summed E-state index contributed by atoms with van der Waals surface area (Å²) in [7, 11) is 0. The fourth-order valence-corrected chi connectivity index (χ4v) is 4.42. The monoisotopic (exact) mass is 450 g/mol. The van der Waals surface area contributed by atoms with Crippen molar-refractivity contribution in [2.75, 3.05) is 5.75 Å². The molecule has 9 heteroatoms. The highest BCUT2D eigenvalue weighted by molar-refractivity contribution is 7.99. The second-order valence-corrected chi connectivity index (χ2v) is 9.04. The molecule has 1 N–H and O–H groups in total. The summed E-state index contributed by atoms with van der Waals surface area (Å²) >= 11 is 2.88. The van der Waals surface area contributed by atoms with Crippen molar-refractivity contribution in [2.45, 2.75) is 31.5 Å². The molecule has 0 bridgehead atoms. The molecule has 158 valence electrons. The number of carbonyl (C=O) groups excluding carboxylic acids is 1. The summed E-state index contributed by atoms with van der Waals surface area (Å²) in [5, 5.41) is 14.6. The number of hydrogen-bond acceptors (Lipinski definition) is 7. The highest BCUT2D eigenvalue weighted by Gasteiger charge is 2.12. The molecule has 31 heavy (non-hydrogen) atoms. The second kappa shape index (κ2) is 9.84. The number of nitrogens with zero attached hydrogens (tertiary/aromatic N) is 5. The average molecular weight is 451 g/mol. The number of thiazole rings is 1. The lowest BCUT2D eigenvalue weighted by Gasteiger charge is -2.09. The van der Waals surface area contributed by atoms with Gasteiger partial charge in [0.05, 0.1) is 18.0 Å². The second-order valence-electron chi connectivity index (χ2n) is 7.16. The van der Waals surface area contributed by atoms with E-state index < -0.39 is 0 Å². The molecule has 7 nitrogen and oxygen atoms in total. The van der Waals surface area contributed by atoms with Crippen molar-refractivity contribution in [1.82, 2.24) is 30.0 Å². The summed E-state index contributed by atoms with van der Waals surface area (Å²) in [6.07, 6.45) is 5.15. The Morgan fingerprint density at radius 1 is 1.16 bits per heavy atom. The number of pyridine rings is 1. The molecule has 0 radical (unpaired) electrons. The third kappa shape index (κ3) is 5.36. The Morgan fingerprint density at radius 2 is 1.94 bits per heavy atom. The van der Waals surface area contributed by atoms with Crippen molar-refractivity contribution in [3.8, 4) is 16.9 Å². The fraction of sp³-hybridized carbons (Fsp3) is 0.227. The van der Waals surface area contributed by atoms with Crippen LogP contribution in [-0.4, -0.2) is 36.4 Å². The molecule has 3 aromatic heterocycles. The van der Waals surface area contributed by atoms with Gasteiger partial charge in [0, 0.05) is 29.0 Å². The highest BCUT2D eigenvalue weighted by atomic mass is 32.2. The molecule has 0 saturated heterocycles. The molecular weight excluding hydrogens is 428 g/mol. The predicted octanol–water partition coefficient (Wildman–Crippen LogP) is 4.32. The minimum absolute atomic E-state index is 0.0737. The van der Waals surface area contributed by atoms with E-state index in [1.807, 2.05) is 34.2 Å². The SMILES string of the molecule is CC(C)c1ccc(-n2cnnc2SCC(=O)NCc2nc(-c3ccncc3)cs2)cc1. The van der Waals surface area contributed by atoms with Gasteiger partial charge in [-0.15, -0.1) is 21.5 Å². The van der Waals surface area contributed by atoms with Gasteiger partial charge in [-0.05, 0) is 35.7 Å². The highest BCUT2D eigenvalue weighted by Crippen LogP contribution is 2.23. The molecule has 0 atom stereocenters. The average Bonchev–Trinajstić information content (AvgIpc) is 3.46. The van der Waals surface area contributed by atoms with E-state index in [1.165, 1.54) is 28.7 Å². The quantitative estimate of drug-likeness (QED) is 0.403. The van der Waals surface area contributed by atoms with Gasteiger partial charge in [0.1, 0.15) is 11.3 Å². The zero-order chi connectivity index (χ0) is 21.6. The predicted molar refractivity (Wildman–Crippen MR) is 123 cm³/mol. The third-order valence-corrected chi connectivity index (χ3v) is 6.44. The minimum atomic E-state index is -0.0737. The standard InChI is InChI=1S/C22H22N6OS2/c1-15(2)16-3-5-18(6-4-16)28-14-25-27-22(28)31-13-20(29)24-11-21-26-19(12-30-21)17-7-9-23-10-8-17/h3-10,12,14-15H,11,13H2,1-2H3,(H,24,29). The summed E-state index contributed by atoms with van der Waals surface area (Å²) in [4.78, 5) is 20.9. The maximum Gasteiger partial charge on any atom is 0.230 e. The van der Waals surface area contributed by atoms with Crippen LogP contribution in [0.15, 0.2) is 65.7 Å². The van der Waals surface area contributed by atoms with Crippen LogP contribution in [0.3, 0.4) is 0 Å². The zero-order valence-corrected chi connectivity index (χ0v) is 18.9. The smallest absolute Gasteiger partial charge is 0.230 e. The van der Waals surface area contributed by atoms with Crippen molar-refractivity contribution >= 4 is 29.0 Å². The van der Waals surface area contributed by atoms with Crippen LogP contribution >= 0.6 is 23.1 Å². The molecule has 0 fully saturated rings. The van der Waals surface area contributed by atoms with Crippen LogP contribution in [0.5, 0.6) is 0 Å². The first-order chi connectivity index (χ1) is 15.1. The van der Waals surface area contributed by atoms with Gasteiger partial charge in [0.2, 0.25) is 5.91 Å². The molecule has 0 aliphatic heterocycles. The van der Waals surface area contributed by atoms with Gasteiger partial charge in [0.15, 0.2) is 5.16 Å². The van der Waals surface area contributed by atoms with Crippen LogP contribution in [0, 0.1) is 0 Å². The van der Waals surface area contributed by atoms with E-state index in [9.17, 15) is 4.79 Å². The Morgan fingerprint density at radius 3 is 2.68 bits per heavy atom. The van der Waals surface area contributed by atoms with Crippen molar-refractivity contribution in [1.29, 1.82) is 0 Å². The first kappa shape index (κ1) is 21.2. The summed E-state index contributed by atoms with van der Waals surface area (Å²) in [6, 6.07) is 12.1. The maximum atomic E-state index is 12.3. The van der Waals surface area contributed by atoms with Crippen molar-refractivity contribution in [3.05, 3.63) is 71.1 Å². The Kier molecular flexibility index (Phi) is 6.73. The number of aromatic nitrogens is 5. The van der Waals surface area contributed by atoms with E-state index in [0.717, 1.165) is 22.0 Å². The Labute approximate surface area is 189 Å². The van der Waals surface area contributed by atoms with E-state index in [0.29, 0.717) is 17.6 Å². The molecule has 4 aromatic rings. The lowest BCUT2D eigenvalue weighted by atomic mass is 10.0. The topological polar surface area (TPSA) is 85.6 Å². The molecule has 1 amide bonds. The van der Waals surface area contributed by atoms with E-state index >= 15 is 0 Å². The summed E-state index contributed by atoms with van der Waals surface area (Å²) in [5.74, 6) is 0.659. The minimum Gasteiger partial charge on any atom is -0.349 e. The number of amides is 1. The van der Waals surface area contributed by atoms with Gasteiger partial charge < -0.3 is 5.32 Å². The van der Waals surface area contributed by atoms with Crippen molar-refractivity contribution < 1.29 is 4.79 Å². The van der Waals surface area contributed by atoms with Gasteiger partial charge >= 0.3 is 0 Å². The van der Waals surface area contributed by atoms with Crippen LogP contribution < -0.4 is 5.32 Å². The van der Waals surface area contributed by atoms with E-state index in [1.54, 1.807) is 18.7 Å². The molecule has 0 aliphatic carbocycles. The van der Waals surface area contributed by atoms with Gasteiger partial charge in [-0.3, -0.25) is 14.3 Å². The molecular formula is C22H22N6OS2. The largest absolute Gasteiger partial charge is 0.349 e. The van der Waals surface area contributed by atoms with Crippen molar-refractivity contribution in [3.63, 3.8) is 0 Å². The van der Waals surface area contributed by atoms with E-state index in [4.69, 9.17) is 0 Å². The maximum absolute atomic E-state index is 12.3. The van der Waals surface area contributed by atoms with Crippen LogP contribution in [0.4, 0.5) is 0 Å². The van der Waals surface area contributed by atoms with Gasteiger partial charge in [-0.1, -0.05) is 37.7 Å². The molecule has 0 aliphatic rings. The van der Waals surface area contributed by atoms with Crippen LogP contribution in [-0.2, 0) is 11.3 Å². The van der Waals surface area contributed by atoms with Crippen molar-refractivity contribution in [2.24, 2.45) is 0 Å². The van der Waals surface area contributed by atoms with Gasteiger partial charge in [-0.25, -0.2) is 4.98 Å². The number of carbonyl (C=O) groups is 1. The van der Waals surface area contributed by atoms with Gasteiger partial charge in [-0.2, -0.15) is 0 Å². The van der Waals surface area contributed by atoms with Gasteiger partial charge in [0.25, 0.3) is 0 Å². The number of benzene rings is 1. The number of nitrogens with one attached hydrogen (secondary N) is 1. The fourth-order valence-electron chi connectivity index (χ4n) is 2.92. The van der Waals surface area contributed by atoms with E-state index in [2.05, 4.69) is 51.5 Å². The molecule has 3 heterocycles. The Bertz CT molecular complexity index is 1140. The number of hydrogen-bond donors (Lipinski definition) is 1. The molecule has 0 saturated carbocycles. The Balaban J connectivity index is 1.31. The lowest BCUT2D eigenvalue weighted by Crippen LogP contribution is -2.24. The summed E-state index contributed by atoms with van der Waals surface area (Å²) in [5.41, 5.74) is 4.16. The number of thioether (sulfide) groups is 1. The van der Waals surface area contributed by atoms with E-state index in [-0.39, 0.29) is 11.7 Å². The third-order valence-electron chi connectivity index (χ3n) is 4.65. The molecule has 0 spiro atoms. The summed E-state index contributed by atoms with van der Waals surface area (Å²) in [6.45, 7) is 4.73. The van der Waals surface area contributed by atoms with Crippen LogP contribution in [0.25, 0.3) is 16.9 Å². The van der Waals surface area contributed by atoms with Crippen LogP contribution in [0.2, 0.25) is 0 Å². The molecule has 1 aromatic carbocycles. The first-order valence-electron chi connectivity index (χ1n) is 9.85. The summed E-state index contributed by atoms with van der Waals surface area (Å²) < 4.78 is 1.89. The lowest BCUT2D eigenvalue weighted by molar-refractivity contribution is -0.118. The Hall–Kier alpha value is -3.04. The normalized spacial score (nSPS) is 11.1. The van der Waals surface area contributed by atoms with Crippen LogP contribution in [0.1, 0.15) is 30.3 Å². The first-order valence-corrected chi connectivity index (χ1v) is 11.7.